The van der Waals surface area contributed by atoms with Gasteiger partial charge in [0.2, 0.25) is 0 Å². The third-order valence-corrected chi connectivity index (χ3v) is 5.81. The third kappa shape index (κ3) is 1.33. The second-order valence-corrected chi connectivity index (χ2v) is 6.19. The van der Waals surface area contributed by atoms with E-state index in [0.29, 0.717) is 11.8 Å². The van der Waals surface area contributed by atoms with E-state index in [-0.39, 0.29) is 17.1 Å². The molecule has 0 amide bonds. The number of carbonyl (C=O) groups excluding carboxylic acids is 1. The maximum absolute atomic E-state index is 12.0. The summed E-state index contributed by atoms with van der Waals surface area (Å²) in [5.41, 5.74) is 0.821. The van der Waals surface area contributed by atoms with Gasteiger partial charge in [0.05, 0.1) is 5.41 Å². The van der Waals surface area contributed by atoms with Gasteiger partial charge in [-0.05, 0) is 42.7 Å². The first kappa shape index (κ1) is 13.1. The molecule has 0 aromatic carbocycles. The largest absolute Gasteiger partial charge is 0.349 e. The van der Waals surface area contributed by atoms with Gasteiger partial charge in [0.25, 0.3) is 0 Å². The highest BCUT2D eigenvalue weighted by molar-refractivity contribution is 5.93. The topological polar surface area (TPSA) is 35.5 Å². The van der Waals surface area contributed by atoms with Crippen molar-refractivity contribution in [1.82, 2.24) is 0 Å². The number of rotatable bonds is 2. The highest BCUT2D eigenvalue weighted by Crippen LogP contribution is 2.65. The minimum absolute atomic E-state index is 0.0468. The molecule has 3 fully saturated rings. The van der Waals surface area contributed by atoms with Gasteiger partial charge >= 0.3 is 0 Å². The van der Waals surface area contributed by atoms with Crippen LogP contribution in [0.4, 0.5) is 0 Å². The molecule has 4 aliphatic rings. The molecule has 4 rings (SSSR count). The fourth-order valence-electron chi connectivity index (χ4n) is 4.80. The van der Waals surface area contributed by atoms with Crippen molar-refractivity contribution in [2.24, 2.45) is 23.2 Å². The van der Waals surface area contributed by atoms with Gasteiger partial charge in [-0.2, -0.15) is 0 Å². The average Bonchev–Trinajstić information content (AvgIpc) is 2.44. The van der Waals surface area contributed by atoms with Crippen LogP contribution in [0.15, 0.2) is 24.3 Å². The smallest absolute Gasteiger partial charge is 0.199 e. The maximum Gasteiger partial charge on any atom is 0.199 e. The summed E-state index contributed by atoms with van der Waals surface area (Å²) in [5.74, 6) is 0.229. The van der Waals surface area contributed by atoms with Crippen molar-refractivity contribution in [2.45, 2.75) is 32.0 Å². The van der Waals surface area contributed by atoms with E-state index in [1.54, 1.807) is 20.3 Å². The average molecular weight is 262 g/mol. The Kier molecular flexibility index (Phi) is 2.77. The quantitative estimate of drug-likeness (QED) is 0.567. The fraction of sp³-hybridized carbons (Fsp3) is 0.688. The molecule has 0 saturated heterocycles. The van der Waals surface area contributed by atoms with E-state index in [9.17, 15) is 4.79 Å². The van der Waals surface area contributed by atoms with Crippen molar-refractivity contribution in [3.63, 3.8) is 0 Å². The third-order valence-electron chi connectivity index (χ3n) is 5.81. The summed E-state index contributed by atoms with van der Waals surface area (Å²) in [6.07, 6.45) is 6.94. The number of ketones is 1. The Balaban J connectivity index is 2.19. The molecule has 0 N–H and O–H groups in total. The molecule has 0 aromatic heterocycles. The Labute approximate surface area is 114 Å². The summed E-state index contributed by atoms with van der Waals surface area (Å²) in [6, 6.07) is 0. The van der Waals surface area contributed by atoms with Crippen LogP contribution in [0.5, 0.6) is 0 Å². The number of hydrogen-bond donors (Lipinski definition) is 0. The van der Waals surface area contributed by atoms with Crippen molar-refractivity contribution in [3.05, 3.63) is 24.3 Å². The molecule has 0 heterocycles. The zero-order valence-corrected chi connectivity index (χ0v) is 11.9. The molecule has 1 unspecified atom stereocenters. The number of methoxy groups -OCH3 is 2. The molecule has 3 saturated carbocycles. The second kappa shape index (κ2) is 4.03. The first-order valence-electron chi connectivity index (χ1n) is 7.05. The fourth-order valence-corrected chi connectivity index (χ4v) is 4.80. The molecule has 3 nitrogen and oxygen atoms in total. The SMILES string of the molecule is C=C1[C@H]2CC[C@@]3(C=CC(=O)[C@@H](C)C3C2)C1(OC)OC. The zero-order valence-electron chi connectivity index (χ0n) is 11.9. The first-order valence-corrected chi connectivity index (χ1v) is 7.05. The number of allylic oxidation sites excluding steroid dienone is 1. The van der Waals surface area contributed by atoms with Crippen LogP contribution in [0.1, 0.15) is 26.2 Å². The molecule has 104 valence electrons. The van der Waals surface area contributed by atoms with Gasteiger partial charge in [0.15, 0.2) is 11.6 Å². The number of fused-ring (bicyclic) bond motifs is 2. The standard InChI is InChI=1S/C16H22O3/c1-10-13-9-12-5-7-15(13,8-6-14(10)17)16(18-3,19-4)11(12)2/h6,8,10,12-13H,2,5,7,9H2,1,3-4H3/t10-,12-,13?,15-/m0/s1. The van der Waals surface area contributed by atoms with Gasteiger partial charge in [-0.3, -0.25) is 4.79 Å². The predicted octanol–water partition coefficient (Wildman–Crippen LogP) is 2.72. The lowest BCUT2D eigenvalue weighted by Crippen LogP contribution is -2.65. The van der Waals surface area contributed by atoms with Crippen molar-refractivity contribution in [3.8, 4) is 0 Å². The van der Waals surface area contributed by atoms with Crippen molar-refractivity contribution >= 4 is 5.78 Å². The summed E-state index contributed by atoms with van der Waals surface area (Å²) in [4.78, 5) is 12.0. The van der Waals surface area contributed by atoms with Crippen LogP contribution < -0.4 is 0 Å². The minimum atomic E-state index is -0.760. The molecule has 19 heavy (non-hydrogen) atoms. The lowest BCUT2D eigenvalue weighted by molar-refractivity contribution is -0.287. The predicted molar refractivity (Wildman–Crippen MR) is 72.5 cm³/mol. The molecule has 0 aromatic rings. The molecule has 4 atom stereocenters. The van der Waals surface area contributed by atoms with Crippen LogP contribution in [0.3, 0.4) is 0 Å². The molecular formula is C16H22O3. The lowest BCUT2D eigenvalue weighted by atomic mass is 9.46. The number of carbonyl (C=O) groups is 1. The zero-order chi connectivity index (χ0) is 13.8. The lowest BCUT2D eigenvalue weighted by Gasteiger charge is -2.63. The Morgan fingerprint density at radius 1 is 1.37 bits per heavy atom. The second-order valence-electron chi connectivity index (χ2n) is 6.19. The molecule has 4 aliphatic carbocycles. The van der Waals surface area contributed by atoms with Crippen LogP contribution in [0.25, 0.3) is 0 Å². The number of hydrogen-bond acceptors (Lipinski definition) is 3. The van der Waals surface area contributed by atoms with Gasteiger partial charge in [-0.1, -0.05) is 19.6 Å². The normalized spacial score (nSPS) is 43.4. The molecule has 0 radical (unpaired) electrons. The van der Waals surface area contributed by atoms with Crippen LogP contribution >= 0.6 is 0 Å². The monoisotopic (exact) mass is 262 g/mol. The molecular weight excluding hydrogens is 240 g/mol. The van der Waals surface area contributed by atoms with Crippen molar-refractivity contribution in [1.29, 1.82) is 0 Å². The molecule has 1 spiro atoms. The van der Waals surface area contributed by atoms with Gasteiger partial charge in [-0.15, -0.1) is 0 Å². The summed E-state index contributed by atoms with van der Waals surface area (Å²) in [6.45, 7) is 6.29. The van der Waals surface area contributed by atoms with E-state index >= 15 is 0 Å². The Hall–Kier alpha value is -0.930. The molecule has 2 bridgehead atoms. The summed E-state index contributed by atoms with van der Waals surface area (Å²) in [7, 11) is 3.38. The van der Waals surface area contributed by atoms with Gasteiger partial charge < -0.3 is 9.47 Å². The van der Waals surface area contributed by atoms with Crippen LogP contribution in [-0.2, 0) is 14.3 Å². The van der Waals surface area contributed by atoms with E-state index in [1.165, 1.54) is 0 Å². The Bertz CT molecular complexity index is 461. The minimum Gasteiger partial charge on any atom is -0.349 e. The van der Waals surface area contributed by atoms with Gasteiger partial charge in [-0.25, -0.2) is 0 Å². The summed E-state index contributed by atoms with van der Waals surface area (Å²) in [5, 5.41) is 0. The van der Waals surface area contributed by atoms with Crippen LogP contribution in [0, 0.1) is 23.2 Å². The van der Waals surface area contributed by atoms with Crippen molar-refractivity contribution < 1.29 is 14.3 Å². The van der Waals surface area contributed by atoms with Crippen molar-refractivity contribution in [2.75, 3.05) is 14.2 Å². The highest BCUT2D eigenvalue weighted by atomic mass is 16.7. The van der Waals surface area contributed by atoms with E-state index < -0.39 is 5.79 Å². The van der Waals surface area contributed by atoms with Gasteiger partial charge in [0.1, 0.15) is 0 Å². The van der Waals surface area contributed by atoms with E-state index in [4.69, 9.17) is 9.47 Å². The van der Waals surface area contributed by atoms with Crippen LogP contribution in [-0.4, -0.2) is 25.8 Å². The Morgan fingerprint density at radius 2 is 2.05 bits per heavy atom. The van der Waals surface area contributed by atoms with E-state index in [2.05, 4.69) is 6.58 Å². The first-order chi connectivity index (χ1) is 9.02. The molecule has 0 aliphatic heterocycles. The van der Waals surface area contributed by atoms with Crippen LogP contribution in [0.2, 0.25) is 0 Å². The highest BCUT2D eigenvalue weighted by Gasteiger charge is 2.66. The van der Waals surface area contributed by atoms with Gasteiger partial charge in [0, 0.05) is 20.1 Å². The number of ether oxygens (including phenoxy) is 2. The molecule has 3 heteroatoms. The summed E-state index contributed by atoms with van der Waals surface area (Å²) < 4.78 is 11.7. The maximum atomic E-state index is 12.0. The van der Waals surface area contributed by atoms with E-state index in [1.807, 2.05) is 13.0 Å². The Morgan fingerprint density at radius 3 is 2.68 bits per heavy atom. The summed E-state index contributed by atoms with van der Waals surface area (Å²) >= 11 is 0. The van der Waals surface area contributed by atoms with E-state index in [0.717, 1.165) is 24.8 Å².